The predicted molar refractivity (Wildman–Crippen MR) is 87.6 cm³/mol. The van der Waals surface area contributed by atoms with Crippen molar-refractivity contribution >= 4 is 5.97 Å². The first-order chi connectivity index (χ1) is 11.6. The SMILES string of the molecule is O=C(O)C(O)C(O)c1cn(-c2ccccc2)nc1-c1ccccc1. The molecule has 122 valence electrons. The monoisotopic (exact) mass is 324 g/mol. The number of carboxylic acid groups (broad SMARTS) is 1. The summed E-state index contributed by atoms with van der Waals surface area (Å²) in [5, 5.41) is 33.4. The molecule has 1 heterocycles. The Balaban J connectivity index is 2.12. The Kier molecular flexibility index (Phi) is 4.41. The van der Waals surface area contributed by atoms with Crippen molar-refractivity contribution in [3.8, 4) is 16.9 Å². The summed E-state index contributed by atoms with van der Waals surface area (Å²) < 4.78 is 1.55. The molecule has 0 bridgehead atoms. The molecule has 2 atom stereocenters. The highest BCUT2D eigenvalue weighted by atomic mass is 16.4. The third-order valence-corrected chi connectivity index (χ3v) is 3.68. The zero-order chi connectivity index (χ0) is 17.1. The minimum Gasteiger partial charge on any atom is -0.479 e. The van der Waals surface area contributed by atoms with Gasteiger partial charge in [0.1, 0.15) is 6.10 Å². The highest BCUT2D eigenvalue weighted by molar-refractivity contribution is 5.74. The summed E-state index contributed by atoms with van der Waals surface area (Å²) in [6.07, 6.45) is -1.98. The van der Waals surface area contributed by atoms with Gasteiger partial charge < -0.3 is 15.3 Å². The highest BCUT2D eigenvalue weighted by Crippen LogP contribution is 2.30. The van der Waals surface area contributed by atoms with Gasteiger partial charge >= 0.3 is 5.97 Å². The largest absolute Gasteiger partial charge is 0.479 e. The number of rotatable bonds is 5. The first-order valence-corrected chi connectivity index (χ1v) is 7.37. The molecule has 3 aromatic rings. The lowest BCUT2D eigenvalue weighted by molar-refractivity contribution is -0.153. The number of carboxylic acids is 1. The van der Waals surface area contributed by atoms with Gasteiger partial charge in [-0.25, -0.2) is 9.48 Å². The summed E-state index contributed by atoms with van der Waals surface area (Å²) in [4.78, 5) is 11.0. The van der Waals surface area contributed by atoms with Crippen LogP contribution in [0.3, 0.4) is 0 Å². The molecule has 6 nitrogen and oxygen atoms in total. The number of benzene rings is 2. The lowest BCUT2D eigenvalue weighted by atomic mass is 10.0. The second-order valence-electron chi connectivity index (χ2n) is 5.31. The van der Waals surface area contributed by atoms with E-state index < -0.39 is 18.2 Å². The molecule has 24 heavy (non-hydrogen) atoms. The molecule has 2 unspecified atom stereocenters. The van der Waals surface area contributed by atoms with Crippen molar-refractivity contribution < 1.29 is 20.1 Å². The van der Waals surface area contributed by atoms with E-state index in [2.05, 4.69) is 5.10 Å². The Hall–Kier alpha value is -2.96. The summed E-state index contributed by atoms with van der Waals surface area (Å²) in [5.74, 6) is -1.49. The van der Waals surface area contributed by atoms with Crippen LogP contribution >= 0.6 is 0 Å². The molecule has 3 rings (SSSR count). The predicted octanol–water partition coefficient (Wildman–Crippen LogP) is 2.02. The van der Waals surface area contributed by atoms with Gasteiger partial charge in [0.25, 0.3) is 0 Å². The Labute approximate surface area is 138 Å². The summed E-state index contributed by atoms with van der Waals surface area (Å²) in [7, 11) is 0. The zero-order valence-corrected chi connectivity index (χ0v) is 12.6. The van der Waals surface area contributed by atoms with Crippen molar-refractivity contribution in [3.63, 3.8) is 0 Å². The van der Waals surface area contributed by atoms with Crippen molar-refractivity contribution in [1.29, 1.82) is 0 Å². The number of aliphatic hydroxyl groups is 2. The molecule has 1 aromatic heterocycles. The molecule has 3 N–H and O–H groups in total. The van der Waals surface area contributed by atoms with Crippen LogP contribution in [-0.2, 0) is 4.79 Å². The number of carbonyl (C=O) groups is 1. The van der Waals surface area contributed by atoms with Crippen molar-refractivity contribution in [2.75, 3.05) is 0 Å². The molecule has 0 aliphatic carbocycles. The molecule has 0 radical (unpaired) electrons. The maximum absolute atomic E-state index is 11.0. The van der Waals surface area contributed by atoms with E-state index in [0.717, 1.165) is 11.3 Å². The zero-order valence-electron chi connectivity index (χ0n) is 12.6. The number of aromatic nitrogens is 2. The summed E-state index contributed by atoms with van der Waals surface area (Å²) in [6.45, 7) is 0. The average Bonchev–Trinajstić information content (AvgIpc) is 3.07. The van der Waals surface area contributed by atoms with Crippen molar-refractivity contribution in [2.24, 2.45) is 0 Å². The molecule has 0 aliphatic rings. The lowest BCUT2D eigenvalue weighted by Gasteiger charge is -2.13. The van der Waals surface area contributed by atoms with Gasteiger partial charge in [-0.05, 0) is 12.1 Å². The Morgan fingerprint density at radius 3 is 2.12 bits per heavy atom. The van der Waals surface area contributed by atoms with Crippen LogP contribution in [0.2, 0.25) is 0 Å². The third-order valence-electron chi connectivity index (χ3n) is 3.68. The summed E-state index contributed by atoms with van der Waals surface area (Å²) in [5.41, 5.74) is 2.16. The molecule has 0 amide bonds. The number of aliphatic carboxylic acids is 1. The van der Waals surface area contributed by atoms with E-state index >= 15 is 0 Å². The fourth-order valence-electron chi connectivity index (χ4n) is 2.44. The van der Waals surface area contributed by atoms with Gasteiger partial charge in [-0.3, -0.25) is 0 Å². The Bertz CT molecular complexity index is 831. The van der Waals surface area contributed by atoms with E-state index in [9.17, 15) is 15.0 Å². The number of nitrogens with zero attached hydrogens (tertiary/aromatic N) is 2. The van der Waals surface area contributed by atoms with Crippen LogP contribution in [0, 0.1) is 0 Å². The lowest BCUT2D eigenvalue weighted by Crippen LogP contribution is -2.27. The quantitative estimate of drug-likeness (QED) is 0.667. The van der Waals surface area contributed by atoms with Crippen LogP contribution in [0.4, 0.5) is 0 Å². The van der Waals surface area contributed by atoms with E-state index in [-0.39, 0.29) is 5.56 Å². The maximum atomic E-state index is 11.0. The molecule has 0 saturated heterocycles. The van der Waals surface area contributed by atoms with Crippen LogP contribution in [0.1, 0.15) is 11.7 Å². The second-order valence-corrected chi connectivity index (χ2v) is 5.31. The fourth-order valence-corrected chi connectivity index (χ4v) is 2.44. The second kappa shape index (κ2) is 6.66. The van der Waals surface area contributed by atoms with Gasteiger partial charge in [0, 0.05) is 17.3 Å². The van der Waals surface area contributed by atoms with E-state index in [4.69, 9.17) is 5.11 Å². The number of aliphatic hydroxyl groups excluding tert-OH is 2. The molecular formula is C18H16N2O4. The van der Waals surface area contributed by atoms with Crippen molar-refractivity contribution in [2.45, 2.75) is 12.2 Å². The molecule has 6 heteroatoms. The minimum atomic E-state index is -1.93. The molecule has 0 spiro atoms. The van der Waals surface area contributed by atoms with Crippen LogP contribution in [-0.4, -0.2) is 37.2 Å². The molecule has 0 aliphatic heterocycles. The average molecular weight is 324 g/mol. The van der Waals surface area contributed by atoms with E-state index in [1.807, 2.05) is 48.5 Å². The van der Waals surface area contributed by atoms with Crippen LogP contribution in [0.25, 0.3) is 16.9 Å². The van der Waals surface area contributed by atoms with Crippen LogP contribution in [0.15, 0.2) is 66.9 Å². The molecule has 2 aromatic carbocycles. The fraction of sp³-hybridized carbons (Fsp3) is 0.111. The summed E-state index contributed by atoms with van der Waals surface area (Å²) in [6, 6.07) is 18.3. The molecule has 0 fully saturated rings. The first kappa shape index (κ1) is 15.9. The van der Waals surface area contributed by atoms with Gasteiger partial charge in [-0.1, -0.05) is 48.5 Å². The van der Waals surface area contributed by atoms with E-state index in [0.29, 0.717) is 5.69 Å². The van der Waals surface area contributed by atoms with Gasteiger partial charge in [0.2, 0.25) is 0 Å². The van der Waals surface area contributed by atoms with Gasteiger partial charge in [-0.2, -0.15) is 5.10 Å². The minimum absolute atomic E-state index is 0.250. The molecule has 0 saturated carbocycles. The summed E-state index contributed by atoms with van der Waals surface area (Å²) >= 11 is 0. The number of hydrogen-bond acceptors (Lipinski definition) is 4. The van der Waals surface area contributed by atoms with Crippen LogP contribution < -0.4 is 0 Å². The smallest absolute Gasteiger partial charge is 0.335 e. The van der Waals surface area contributed by atoms with E-state index in [1.54, 1.807) is 16.8 Å². The standard InChI is InChI=1S/C18H16N2O4/c21-16(17(22)18(23)24)14-11-20(13-9-5-2-6-10-13)19-15(14)12-7-3-1-4-8-12/h1-11,16-17,21-22H,(H,23,24). The number of para-hydroxylation sites is 1. The third kappa shape index (κ3) is 3.05. The topological polar surface area (TPSA) is 95.6 Å². The Morgan fingerprint density at radius 1 is 0.958 bits per heavy atom. The first-order valence-electron chi connectivity index (χ1n) is 7.37. The highest BCUT2D eigenvalue weighted by Gasteiger charge is 2.29. The Morgan fingerprint density at radius 2 is 1.54 bits per heavy atom. The van der Waals surface area contributed by atoms with Gasteiger partial charge in [0.15, 0.2) is 6.10 Å². The van der Waals surface area contributed by atoms with E-state index in [1.165, 1.54) is 6.20 Å². The maximum Gasteiger partial charge on any atom is 0.335 e. The van der Waals surface area contributed by atoms with Crippen molar-refractivity contribution in [3.05, 3.63) is 72.4 Å². The van der Waals surface area contributed by atoms with Crippen molar-refractivity contribution in [1.82, 2.24) is 9.78 Å². The van der Waals surface area contributed by atoms with Crippen LogP contribution in [0.5, 0.6) is 0 Å². The van der Waals surface area contributed by atoms with Gasteiger partial charge in [-0.15, -0.1) is 0 Å². The number of hydrogen-bond donors (Lipinski definition) is 3. The molecular weight excluding hydrogens is 308 g/mol. The normalized spacial score (nSPS) is 13.4. The van der Waals surface area contributed by atoms with Gasteiger partial charge in [0.05, 0.1) is 11.4 Å².